The van der Waals surface area contributed by atoms with Gasteiger partial charge in [-0.1, -0.05) is 12.1 Å². The molecule has 3 rings (SSSR count). The molecule has 21 heavy (non-hydrogen) atoms. The molecule has 6 nitrogen and oxygen atoms in total. The van der Waals surface area contributed by atoms with Gasteiger partial charge in [0, 0.05) is 6.20 Å². The van der Waals surface area contributed by atoms with Crippen LogP contribution in [0.4, 0.5) is 10.2 Å². The lowest BCUT2D eigenvalue weighted by Gasteiger charge is -2.06. The molecule has 8 heteroatoms. The lowest BCUT2D eigenvalue weighted by atomic mass is 10.2. The molecule has 0 radical (unpaired) electrons. The van der Waals surface area contributed by atoms with Gasteiger partial charge in [0.15, 0.2) is 11.5 Å². The number of anilines is 1. The Labute approximate surface area is 120 Å². The van der Waals surface area contributed by atoms with Gasteiger partial charge in [0.1, 0.15) is 5.82 Å². The lowest BCUT2D eigenvalue weighted by molar-refractivity contribution is 0.599. The molecule has 0 bridgehead atoms. The highest BCUT2D eigenvalue weighted by Gasteiger charge is 2.15. The first-order valence-electron chi connectivity index (χ1n) is 6.07. The first kappa shape index (κ1) is 13.5. The van der Waals surface area contributed by atoms with Gasteiger partial charge in [-0.15, -0.1) is 0 Å². The van der Waals surface area contributed by atoms with E-state index in [1.807, 2.05) is 0 Å². The van der Waals surface area contributed by atoms with Crippen LogP contribution in [0.5, 0.6) is 0 Å². The number of pyridine rings is 1. The van der Waals surface area contributed by atoms with E-state index in [-0.39, 0.29) is 11.6 Å². The van der Waals surface area contributed by atoms with Crippen molar-refractivity contribution in [1.82, 2.24) is 15.2 Å². The number of nitrogens with one attached hydrogen (secondary N) is 2. The molecule has 3 aromatic rings. The Kier molecular flexibility index (Phi) is 3.30. The molecule has 108 valence electrons. The molecule has 0 saturated carbocycles. The number of hydrogen-bond donors (Lipinski definition) is 2. The van der Waals surface area contributed by atoms with E-state index in [1.165, 1.54) is 24.3 Å². The van der Waals surface area contributed by atoms with Crippen molar-refractivity contribution in [3.05, 3.63) is 54.0 Å². The summed E-state index contributed by atoms with van der Waals surface area (Å²) >= 11 is 0. The zero-order valence-electron chi connectivity index (χ0n) is 10.7. The Morgan fingerprint density at radius 3 is 2.71 bits per heavy atom. The van der Waals surface area contributed by atoms with Gasteiger partial charge >= 0.3 is 0 Å². The largest absolute Gasteiger partial charge is 0.265 e. The SMILES string of the molecule is O=S(=O)(Cc1ccc(F)cc1)Nc1n[nH]c2ncccc12. The summed E-state index contributed by atoms with van der Waals surface area (Å²) in [5.74, 6) is -0.476. The molecule has 0 saturated heterocycles. The third-order valence-electron chi connectivity index (χ3n) is 2.86. The fraction of sp³-hybridized carbons (Fsp3) is 0.0769. The maximum absolute atomic E-state index is 12.8. The second-order valence-corrected chi connectivity index (χ2v) is 6.18. The average Bonchev–Trinajstić information content (AvgIpc) is 2.84. The smallest absolute Gasteiger partial charge is 0.238 e. The highest BCUT2D eigenvalue weighted by molar-refractivity contribution is 7.91. The van der Waals surface area contributed by atoms with E-state index in [2.05, 4.69) is 19.9 Å². The molecule has 2 N–H and O–H groups in total. The summed E-state index contributed by atoms with van der Waals surface area (Å²) in [7, 11) is -3.64. The second kappa shape index (κ2) is 5.13. The van der Waals surface area contributed by atoms with Crippen molar-refractivity contribution in [2.75, 3.05) is 4.72 Å². The van der Waals surface area contributed by atoms with Crippen molar-refractivity contribution >= 4 is 26.9 Å². The van der Waals surface area contributed by atoms with Crippen LogP contribution >= 0.6 is 0 Å². The van der Waals surface area contributed by atoms with Crippen LogP contribution in [0.2, 0.25) is 0 Å². The number of fused-ring (bicyclic) bond motifs is 1. The third kappa shape index (κ3) is 3.00. The Balaban J connectivity index is 1.84. The number of sulfonamides is 1. The number of aromatic amines is 1. The fourth-order valence-electron chi connectivity index (χ4n) is 1.92. The minimum Gasteiger partial charge on any atom is -0.265 e. The fourth-order valence-corrected chi connectivity index (χ4v) is 3.07. The zero-order valence-corrected chi connectivity index (χ0v) is 11.6. The topological polar surface area (TPSA) is 87.7 Å². The van der Waals surface area contributed by atoms with E-state index in [9.17, 15) is 12.8 Å². The number of benzene rings is 1. The van der Waals surface area contributed by atoms with Gasteiger partial charge in [0.05, 0.1) is 11.1 Å². The highest BCUT2D eigenvalue weighted by Crippen LogP contribution is 2.20. The van der Waals surface area contributed by atoms with Crippen LogP contribution in [0.25, 0.3) is 11.0 Å². The molecule has 0 aliphatic rings. The molecular weight excluding hydrogens is 295 g/mol. The molecule has 0 unspecified atom stereocenters. The lowest BCUT2D eigenvalue weighted by Crippen LogP contribution is -2.15. The van der Waals surface area contributed by atoms with Crippen molar-refractivity contribution in [2.24, 2.45) is 0 Å². The van der Waals surface area contributed by atoms with Crippen LogP contribution in [0, 0.1) is 5.82 Å². The summed E-state index contributed by atoms with van der Waals surface area (Å²) in [4.78, 5) is 4.03. The summed E-state index contributed by atoms with van der Waals surface area (Å²) in [6.45, 7) is 0. The van der Waals surface area contributed by atoms with E-state index < -0.39 is 15.8 Å². The average molecular weight is 306 g/mol. The number of rotatable bonds is 4. The van der Waals surface area contributed by atoms with Crippen LogP contribution in [-0.4, -0.2) is 23.6 Å². The van der Waals surface area contributed by atoms with Gasteiger partial charge in [-0.2, -0.15) is 5.10 Å². The highest BCUT2D eigenvalue weighted by atomic mass is 32.2. The van der Waals surface area contributed by atoms with Gasteiger partial charge in [0.2, 0.25) is 10.0 Å². The molecule has 0 amide bonds. The van der Waals surface area contributed by atoms with Crippen molar-refractivity contribution in [1.29, 1.82) is 0 Å². The quantitative estimate of drug-likeness (QED) is 0.772. The van der Waals surface area contributed by atoms with Gasteiger partial charge in [-0.3, -0.25) is 9.82 Å². The summed E-state index contributed by atoms with van der Waals surface area (Å²) in [6, 6.07) is 8.70. The number of hydrogen-bond acceptors (Lipinski definition) is 4. The molecular formula is C13H11FN4O2S. The minimum absolute atomic E-state index is 0.195. The second-order valence-electron chi connectivity index (χ2n) is 4.46. The number of nitrogens with zero attached hydrogens (tertiary/aromatic N) is 2. The van der Waals surface area contributed by atoms with Gasteiger partial charge in [0.25, 0.3) is 0 Å². The maximum Gasteiger partial charge on any atom is 0.238 e. The van der Waals surface area contributed by atoms with E-state index >= 15 is 0 Å². The zero-order chi connectivity index (χ0) is 14.9. The summed E-state index contributed by atoms with van der Waals surface area (Å²) in [6.07, 6.45) is 1.58. The predicted molar refractivity (Wildman–Crippen MR) is 76.5 cm³/mol. The van der Waals surface area contributed by atoms with Crippen LogP contribution in [-0.2, 0) is 15.8 Å². The molecule has 0 spiro atoms. The Morgan fingerprint density at radius 1 is 1.19 bits per heavy atom. The third-order valence-corrected chi connectivity index (χ3v) is 4.08. The van der Waals surface area contributed by atoms with Crippen LogP contribution in [0.3, 0.4) is 0 Å². The van der Waals surface area contributed by atoms with Gasteiger partial charge in [-0.25, -0.2) is 17.8 Å². The Bertz CT molecular complexity index is 875. The van der Waals surface area contributed by atoms with E-state index in [4.69, 9.17) is 0 Å². The number of H-pyrrole nitrogens is 1. The van der Waals surface area contributed by atoms with Gasteiger partial charge < -0.3 is 0 Å². The monoisotopic (exact) mass is 306 g/mol. The van der Waals surface area contributed by atoms with Crippen molar-refractivity contribution in [3.63, 3.8) is 0 Å². The molecule has 0 fully saturated rings. The Hall–Kier alpha value is -2.48. The predicted octanol–water partition coefficient (Wildman–Crippen LogP) is 2.04. The normalized spacial score (nSPS) is 11.7. The molecule has 0 atom stereocenters. The molecule has 2 aromatic heterocycles. The van der Waals surface area contributed by atoms with Crippen LogP contribution in [0.15, 0.2) is 42.6 Å². The van der Waals surface area contributed by atoms with E-state index in [1.54, 1.807) is 18.3 Å². The summed E-state index contributed by atoms with van der Waals surface area (Å²) in [5, 5.41) is 7.13. The van der Waals surface area contributed by atoms with Crippen molar-refractivity contribution in [2.45, 2.75) is 5.75 Å². The molecule has 1 aromatic carbocycles. The molecule has 0 aliphatic heterocycles. The summed E-state index contributed by atoms with van der Waals surface area (Å²) in [5.41, 5.74) is 0.985. The number of halogens is 1. The number of aromatic nitrogens is 3. The summed E-state index contributed by atoms with van der Waals surface area (Å²) < 4.78 is 39.4. The van der Waals surface area contributed by atoms with E-state index in [0.717, 1.165) is 0 Å². The first-order valence-corrected chi connectivity index (χ1v) is 7.73. The van der Waals surface area contributed by atoms with Crippen LogP contribution in [0.1, 0.15) is 5.56 Å². The molecule has 2 heterocycles. The van der Waals surface area contributed by atoms with Gasteiger partial charge in [-0.05, 0) is 29.8 Å². The first-order chi connectivity index (χ1) is 10.0. The standard InChI is InChI=1S/C13H11FN4O2S/c14-10-5-3-9(4-6-10)8-21(19,20)18-13-11-2-1-7-15-12(11)16-17-13/h1-7H,8H2,(H2,15,16,17,18). The van der Waals surface area contributed by atoms with Crippen LogP contribution < -0.4 is 4.72 Å². The molecule has 0 aliphatic carbocycles. The van der Waals surface area contributed by atoms with Crippen molar-refractivity contribution < 1.29 is 12.8 Å². The Morgan fingerprint density at radius 2 is 1.95 bits per heavy atom. The van der Waals surface area contributed by atoms with Crippen molar-refractivity contribution in [3.8, 4) is 0 Å². The van der Waals surface area contributed by atoms with E-state index in [0.29, 0.717) is 16.6 Å². The minimum atomic E-state index is -3.64. The maximum atomic E-state index is 12.8.